The molecule has 0 aromatic heterocycles. The second-order valence-corrected chi connectivity index (χ2v) is 0. The van der Waals surface area contributed by atoms with E-state index >= 15 is 0 Å². The van der Waals surface area contributed by atoms with Crippen molar-refractivity contribution in [2.75, 3.05) is 0 Å². The molecule has 0 unspecified atom stereocenters. The van der Waals surface area contributed by atoms with Crippen LogP contribution in [0.5, 0.6) is 0 Å². The molecular weight excluding hydrogens is 269 g/mol. The zero-order chi connectivity index (χ0) is 2.00. The summed E-state index contributed by atoms with van der Waals surface area (Å²) >= 11 is 1.69. The van der Waals surface area contributed by atoms with Gasteiger partial charge in [0.2, 0.25) is 0 Å². The second-order valence-electron chi connectivity index (χ2n) is 0. The molecule has 0 saturated heterocycles. The van der Waals surface area contributed by atoms with Crippen LogP contribution in [0.2, 0.25) is 0 Å². The number of hydrogen-bond acceptors (Lipinski definition) is 1. The van der Waals surface area contributed by atoms with Crippen LogP contribution in [-0.4, -0.2) is 0 Å². The van der Waals surface area contributed by atoms with Gasteiger partial charge in [-0.25, -0.2) is 0 Å². The van der Waals surface area contributed by atoms with E-state index in [1.807, 2.05) is 0 Å². The Kier molecular flexibility index (Phi) is 83.1. The van der Waals surface area contributed by atoms with Gasteiger partial charge in [-0.2, -0.15) is 0 Å². The topological polar surface area (TPSA) is 17.1 Å². The zero-order valence-electron chi connectivity index (χ0n) is 1.68. The van der Waals surface area contributed by atoms with Crippen LogP contribution in [0.3, 0.4) is 0 Å². The first-order chi connectivity index (χ1) is 1.00. The summed E-state index contributed by atoms with van der Waals surface area (Å²) in [6.45, 7) is 0. The third-order valence-electron chi connectivity index (χ3n) is 0. The standard InChI is InChI=1S/La.Mn.Ni.O. The van der Waals surface area contributed by atoms with Crippen molar-refractivity contribution in [1.82, 2.24) is 0 Å². The molecule has 0 aliphatic rings. The first-order valence-corrected chi connectivity index (χ1v) is 0.636. The van der Waals surface area contributed by atoms with Crippen LogP contribution in [0.1, 0.15) is 0 Å². The van der Waals surface area contributed by atoms with Crippen LogP contribution in [0, 0.1) is 35.6 Å². The van der Waals surface area contributed by atoms with Crippen LogP contribution in [0.25, 0.3) is 0 Å². The van der Waals surface area contributed by atoms with Crippen molar-refractivity contribution in [3.05, 3.63) is 0 Å². The van der Waals surface area contributed by atoms with E-state index in [0.29, 0.717) is 0 Å². The van der Waals surface area contributed by atoms with Crippen LogP contribution in [0.4, 0.5) is 0 Å². The van der Waals surface area contributed by atoms with Gasteiger partial charge in [-0.1, -0.05) is 0 Å². The Labute approximate surface area is 70.8 Å². The molecule has 0 amide bonds. The Hall–Kier alpha value is 2.01. The fourth-order valence-corrected chi connectivity index (χ4v) is 0. The minimum absolute atomic E-state index is 0. The van der Waals surface area contributed by atoms with Gasteiger partial charge in [0.05, 0.1) is 0 Å². The first-order valence-electron chi connectivity index (χ1n) is 0.154. The van der Waals surface area contributed by atoms with E-state index < -0.39 is 0 Å². The predicted octanol–water partition coefficient (Wildman–Crippen LogP) is -0.124. The molecule has 0 aliphatic heterocycles. The molecule has 0 aromatic carbocycles. The normalized spacial score (nSPS) is 1.00. The third kappa shape index (κ3) is 8.99. The van der Waals surface area contributed by atoms with Gasteiger partial charge >= 0.3 is 19.8 Å². The average molecular weight is 269 g/mol. The van der Waals surface area contributed by atoms with Gasteiger partial charge in [0.1, 0.15) is 0 Å². The van der Waals surface area contributed by atoms with E-state index in [1.165, 1.54) is 0 Å². The monoisotopic (exact) mass is 268 g/mol. The van der Waals surface area contributed by atoms with Crippen molar-refractivity contribution in [2.24, 2.45) is 0 Å². The Morgan fingerprint density at radius 1 is 1.25 bits per heavy atom. The Bertz CT molecular complexity index is 8.00. The molecular formula is LaMnNiO. The average Bonchev–Trinajstić information content (AvgIpc) is 1.00. The summed E-state index contributed by atoms with van der Waals surface area (Å²) < 4.78 is 8.06. The molecule has 0 atom stereocenters. The van der Waals surface area contributed by atoms with Crippen molar-refractivity contribution in [3.8, 4) is 0 Å². The molecule has 1 nitrogen and oxygen atoms in total. The molecule has 0 heterocycles. The van der Waals surface area contributed by atoms with Crippen molar-refractivity contribution in [2.45, 2.75) is 0 Å². The van der Waals surface area contributed by atoms with Gasteiger partial charge in [-0.3, -0.25) is 0 Å². The van der Waals surface area contributed by atoms with Crippen LogP contribution >= 0.6 is 0 Å². The summed E-state index contributed by atoms with van der Waals surface area (Å²) in [5, 5.41) is 0. The summed E-state index contributed by atoms with van der Waals surface area (Å²) in [4.78, 5) is 0. The van der Waals surface area contributed by atoms with Crippen molar-refractivity contribution in [1.29, 1.82) is 0 Å². The van der Waals surface area contributed by atoms with E-state index in [4.69, 9.17) is 3.83 Å². The Morgan fingerprint density at radius 3 is 1.25 bits per heavy atom. The van der Waals surface area contributed by atoms with Crippen molar-refractivity contribution < 1.29 is 71.9 Å². The molecule has 0 aliphatic carbocycles. The number of hydrogen-bond donors (Lipinski definition) is 0. The van der Waals surface area contributed by atoms with E-state index in [1.54, 1.807) is 15.9 Å². The summed E-state index contributed by atoms with van der Waals surface area (Å²) in [6.07, 6.45) is 0. The van der Waals surface area contributed by atoms with Crippen LogP contribution < -0.4 is 0 Å². The number of rotatable bonds is 0. The molecule has 1 radical (unpaired) electrons. The molecule has 0 rings (SSSR count). The fraction of sp³-hybridized carbons (Fsp3) is 0. The summed E-state index contributed by atoms with van der Waals surface area (Å²) in [5.74, 6) is 0. The molecule has 0 N–H and O–H groups in total. The predicted molar refractivity (Wildman–Crippen MR) is 0.686 cm³/mol. The first kappa shape index (κ1) is 16.7. The molecule has 0 spiro atoms. The third-order valence-corrected chi connectivity index (χ3v) is 0. The summed E-state index contributed by atoms with van der Waals surface area (Å²) in [6, 6.07) is 0. The van der Waals surface area contributed by atoms with Gasteiger partial charge in [0, 0.05) is 52.1 Å². The second kappa shape index (κ2) is 20.0. The molecule has 0 fully saturated rings. The molecule has 0 aromatic rings. The Balaban J connectivity index is -0.00000000500. The Morgan fingerprint density at radius 2 is 1.25 bits per heavy atom. The summed E-state index contributed by atoms with van der Waals surface area (Å²) in [7, 11) is 0. The van der Waals surface area contributed by atoms with Gasteiger partial charge in [0.15, 0.2) is 0 Å². The SMILES string of the molecule is [La].[Ni].[O]=[Mn]. The van der Waals surface area contributed by atoms with Gasteiger partial charge in [-0.15, -0.1) is 0 Å². The maximum absolute atomic E-state index is 8.06. The van der Waals surface area contributed by atoms with Crippen molar-refractivity contribution in [3.63, 3.8) is 0 Å². The molecule has 0 bridgehead atoms. The van der Waals surface area contributed by atoms with E-state index in [2.05, 4.69) is 0 Å². The molecule has 4 heteroatoms. The quantitative estimate of drug-likeness (QED) is 0.560. The maximum atomic E-state index is 8.06. The van der Waals surface area contributed by atoms with E-state index in [9.17, 15) is 0 Å². The van der Waals surface area contributed by atoms with E-state index in [-0.39, 0.29) is 52.1 Å². The summed E-state index contributed by atoms with van der Waals surface area (Å²) in [5.41, 5.74) is 0. The van der Waals surface area contributed by atoms with Crippen molar-refractivity contribution >= 4 is 0 Å². The molecule has 4 heavy (non-hydrogen) atoms. The molecule has 26 valence electrons. The fourth-order valence-electron chi connectivity index (χ4n) is 0. The van der Waals surface area contributed by atoms with Gasteiger partial charge in [-0.05, 0) is 0 Å². The van der Waals surface area contributed by atoms with Crippen LogP contribution in [-0.2, 0) is 36.3 Å². The minimum atomic E-state index is 0. The molecule has 0 saturated carbocycles. The van der Waals surface area contributed by atoms with Gasteiger partial charge < -0.3 is 0 Å². The van der Waals surface area contributed by atoms with E-state index in [0.717, 1.165) is 0 Å². The zero-order valence-corrected chi connectivity index (χ0v) is 7.47. The van der Waals surface area contributed by atoms with Gasteiger partial charge in [0.25, 0.3) is 0 Å². The van der Waals surface area contributed by atoms with Crippen LogP contribution in [0.15, 0.2) is 0 Å².